The molecular weight excluding hydrogens is 168 g/mol. The molecule has 0 aliphatic heterocycles. The molecule has 0 amide bonds. The monoisotopic (exact) mass is 178 g/mol. The minimum absolute atomic E-state index is 0.0874. The van der Waals surface area contributed by atoms with E-state index < -0.39 is 4.92 Å². The lowest BCUT2D eigenvalue weighted by Crippen LogP contribution is -2.01. The van der Waals surface area contributed by atoms with E-state index in [0.717, 1.165) is 0 Å². The zero-order chi connectivity index (χ0) is 9.68. The van der Waals surface area contributed by atoms with Crippen LogP contribution in [0.15, 0.2) is 36.9 Å². The number of anilines is 1. The van der Waals surface area contributed by atoms with E-state index in [4.69, 9.17) is 0 Å². The van der Waals surface area contributed by atoms with Crippen LogP contribution in [0.4, 0.5) is 11.4 Å². The number of rotatable bonds is 4. The van der Waals surface area contributed by atoms with Crippen LogP contribution < -0.4 is 5.32 Å². The molecule has 1 aromatic carbocycles. The van der Waals surface area contributed by atoms with Gasteiger partial charge in [-0.05, 0) is 6.07 Å². The maximum absolute atomic E-state index is 10.5. The van der Waals surface area contributed by atoms with Crippen molar-refractivity contribution in [2.24, 2.45) is 0 Å². The molecule has 68 valence electrons. The van der Waals surface area contributed by atoms with E-state index in [1.165, 1.54) is 6.07 Å². The van der Waals surface area contributed by atoms with E-state index in [0.29, 0.717) is 12.2 Å². The van der Waals surface area contributed by atoms with E-state index in [1.807, 2.05) is 0 Å². The van der Waals surface area contributed by atoms with Gasteiger partial charge in [0.15, 0.2) is 0 Å². The van der Waals surface area contributed by atoms with Crippen molar-refractivity contribution in [3.05, 3.63) is 47.0 Å². The first kappa shape index (κ1) is 9.25. The van der Waals surface area contributed by atoms with Gasteiger partial charge < -0.3 is 5.32 Å². The second-order valence-corrected chi connectivity index (χ2v) is 2.44. The van der Waals surface area contributed by atoms with Crippen LogP contribution in [-0.2, 0) is 0 Å². The Morgan fingerprint density at radius 2 is 2.23 bits per heavy atom. The summed E-state index contributed by atoms with van der Waals surface area (Å²) in [5, 5.41) is 13.4. The van der Waals surface area contributed by atoms with Crippen molar-refractivity contribution in [3.63, 3.8) is 0 Å². The van der Waals surface area contributed by atoms with Crippen molar-refractivity contribution in [1.29, 1.82) is 0 Å². The van der Waals surface area contributed by atoms with Crippen molar-refractivity contribution in [3.8, 4) is 0 Å². The van der Waals surface area contributed by atoms with Crippen LogP contribution in [0.5, 0.6) is 0 Å². The number of benzene rings is 1. The highest BCUT2D eigenvalue weighted by molar-refractivity contribution is 5.61. The van der Waals surface area contributed by atoms with Crippen LogP contribution in [-0.4, -0.2) is 11.5 Å². The van der Waals surface area contributed by atoms with Gasteiger partial charge in [-0.3, -0.25) is 10.1 Å². The van der Waals surface area contributed by atoms with Crippen LogP contribution in [0, 0.1) is 10.1 Å². The molecule has 0 bridgehead atoms. The fraction of sp³-hybridized carbons (Fsp3) is 0.111. The predicted molar refractivity (Wildman–Crippen MR) is 51.8 cm³/mol. The molecule has 0 aliphatic rings. The fourth-order valence-corrected chi connectivity index (χ4v) is 0.964. The lowest BCUT2D eigenvalue weighted by Gasteiger charge is -2.02. The number of nitrogens with zero attached hydrogens (tertiary/aromatic N) is 1. The molecule has 0 aromatic heterocycles. The van der Waals surface area contributed by atoms with Crippen molar-refractivity contribution in [1.82, 2.24) is 0 Å². The van der Waals surface area contributed by atoms with Gasteiger partial charge in [-0.25, -0.2) is 0 Å². The lowest BCUT2D eigenvalue weighted by molar-refractivity contribution is -0.383. The highest BCUT2D eigenvalue weighted by Crippen LogP contribution is 2.22. The fourth-order valence-electron chi connectivity index (χ4n) is 0.964. The smallest absolute Gasteiger partial charge is 0.292 e. The molecule has 0 heterocycles. The van der Waals surface area contributed by atoms with E-state index in [2.05, 4.69) is 11.9 Å². The summed E-state index contributed by atoms with van der Waals surface area (Å²) < 4.78 is 0. The first-order valence-electron chi connectivity index (χ1n) is 3.84. The first-order valence-corrected chi connectivity index (χ1v) is 3.84. The molecule has 0 radical (unpaired) electrons. The zero-order valence-electron chi connectivity index (χ0n) is 7.06. The van der Waals surface area contributed by atoms with Gasteiger partial charge in [-0.2, -0.15) is 0 Å². The molecule has 0 unspecified atom stereocenters. The Kier molecular flexibility index (Phi) is 3.03. The van der Waals surface area contributed by atoms with Crippen LogP contribution >= 0.6 is 0 Å². The maximum Gasteiger partial charge on any atom is 0.292 e. The van der Waals surface area contributed by atoms with E-state index in [-0.39, 0.29) is 5.69 Å². The second-order valence-electron chi connectivity index (χ2n) is 2.44. The first-order chi connectivity index (χ1) is 6.25. The Bertz CT molecular complexity index is 323. The molecule has 0 fully saturated rings. The summed E-state index contributed by atoms with van der Waals surface area (Å²) in [5.74, 6) is 0. The van der Waals surface area contributed by atoms with Gasteiger partial charge >= 0.3 is 0 Å². The molecule has 0 aliphatic carbocycles. The topological polar surface area (TPSA) is 55.2 Å². The van der Waals surface area contributed by atoms with Crippen molar-refractivity contribution < 1.29 is 4.92 Å². The highest BCUT2D eigenvalue weighted by Gasteiger charge is 2.10. The molecule has 1 rings (SSSR count). The zero-order valence-corrected chi connectivity index (χ0v) is 7.06. The van der Waals surface area contributed by atoms with E-state index in [1.54, 1.807) is 24.3 Å². The van der Waals surface area contributed by atoms with Gasteiger partial charge in [0.25, 0.3) is 5.69 Å². The van der Waals surface area contributed by atoms with Crippen LogP contribution in [0.2, 0.25) is 0 Å². The molecule has 0 saturated carbocycles. The van der Waals surface area contributed by atoms with Crippen molar-refractivity contribution >= 4 is 11.4 Å². The number of hydrogen-bond donors (Lipinski definition) is 1. The summed E-state index contributed by atoms with van der Waals surface area (Å²) in [5.41, 5.74) is 0.608. The van der Waals surface area contributed by atoms with Crippen LogP contribution in [0.3, 0.4) is 0 Å². The Labute approximate surface area is 76.0 Å². The molecule has 4 heteroatoms. The van der Waals surface area contributed by atoms with Crippen LogP contribution in [0.25, 0.3) is 0 Å². The quantitative estimate of drug-likeness (QED) is 0.436. The summed E-state index contributed by atoms with van der Waals surface area (Å²) in [4.78, 5) is 10.1. The molecule has 4 nitrogen and oxygen atoms in total. The van der Waals surface area contributed by atoms with Gasteiger partial charge in [0.2, 0.25) is 0 Å². The third kappa shape index (κ3) is 2.30. The van der Waals surface area contributed by atoms with E-state index >= 15 is 0 Å². The Hall–Kier alpha value is -1.84. The van der Waals surface area contributed by atoms with Gasteiger partial charge in [0.1, 0.15) is 5.69 Å². The summed E-state index contributed by atoms with van der Waals surface area (Å²) in [6.45, 7) is 4.04. The van der Waals surface area contributed by atoms with E-state index in [9.17, 15) is 10.1 Å². The molecule has 0 spiro atoms. The lowest BCUT2D eigenvalue weighted by atomic mass is 10.2. The third-order valence-corrected chi connectivity index (χ3v) is 1.54. The Balaban J connectivity index is 2.90. The molecule has 0 atom stereocenters. The molecule has 1 aromatic rings. The SMILES string of the molecule is C=CCNc1ccccc1[N+](=O)[O-]. The third-order valence-electron chi connectivity index (χ3n) is 1.54. The molecule has 1 N–H and O–H groups in total. The Morgan fingerprint density at radius 1 is 1.54 bits per heavy atom. The maximum atomic E-state index is 10.5. The number of hydrogen-bond acceptors (Lipinski definition) is 3. The summed E-state index contributed by atoms with van der Waals surface area (Å²) in [6, 6.07) is 6.52. The predicted octanol–water partition coefficient (Wildman–Crippen LogP) is 2.19. The van der Waals surface area contributed by atoms with Crippen LogP contribution in [0.1, 0.15) is 0 Å². The Morgan fingerprint density at radius 3 is 2.85 bits per heavy atom. The molecular formula is C9H10N2O2. The number of para-hydroxylation sites is 2. The normalized spacial score (nSPS) is 9.23. The van der Waals surface area contributed by atoms with Gasteiger partial charge in [-0.15, -0.1) is 6.58 Å². The minimum Gasteiger partial charge on any atom is -0.376 e. The summed E-state index contributed by atoms with van der Waals surface area (Å²) in [7, 11) is 0. The van der Waals surface area contributed by atoms with Gasteiger partial charge in [0.05, 0.1) is 4.92 Å². The standard InChI is InChI=1S/C9H10N2O2/c1-2-7-10-8-5-3-4-6-9(8)11(12)13/h2-6,10H,1,7H2. The van der Waals surface area contributed by atoms with Crippen molar-refractivity contribution in [2.45, 2.75) is 0 Å². The summed E-state index contributed by atoms with van der Waals surface area (Å²) in [6.07, 6.45) is 1.65. The molecule has 13 heavy (non-hydrogen) atoms. The number of nitrogens with one attached hydrogen (secondary N) is 1. The average molecular weight is 178 g/mol. The van der Waals surface area contributed by atoms with Crippen molar-refractivity contribution in [2.75, 3.05) is 11.9 Å². The highest BCUT2D eigenvalue weighted by atomic mass is 16.6. The minimum atomic E-state index is -0.411. The second kappa shape index (κ2) is 4.25. The molecule has 0 saturated heterocycles. The summed E-state index contributed by atoms with van der Waals surface area (Å²) >= 11 is 0. The number of nitro groups is 1. The largest absolute Gasteiger partial charge is 0.376 e. The van der Waals surface area contributed by atoms with Gasteiger partial charge in [0, 0.05) is 12.6 Å². The van der Waals surface area contributed by atoms with Gasteiger partial charge in [-0.1, -0.05) is 18.2 Å². The average Bonchev–Trinajstić information content (AvgIpc) is 2.15. The number of nitro benzene ring substituents is 1.